The Labute approximate surface area is 228 Å². The number of hydrogen-bond donors (Lipinski definition) is 3. The standard InChI is InChI=1S/C29H38F2N4O4/c1-3-11-39-23-16-25(34(2)18-23)28(37)33-24(14-20-12-21(30)15-22(31)13-20)27(36)26-29(38)35(10-9-32-26)17-19-7-5-4-6-8-19/h4-8,12-13,15,23-27,32,36H,3,9-11,14,16-18H2,1-2H3,(H,33,37)/t23-,24-,25-,26-,27-/m0/s1. The zero-order valence-corrected chi connectivity index (χ0v) is 22.5. The molecule has 0 unspecified atom stereocenters. The highest BCUT2D eigenvalue weighted by molar-refractivity contribution is 5.85. The van der Waals surface area contributed by atoms with E-state index in [9.17, 15) is 23.5 Å². The summed E-state index contributed by atoms with van der Waals surface area (Å²) in [4.78, 5) is 30.4. The van der Waals surface area contributed by atoms with E-state index in [1.807, 2.05) is 49.2 Å². The highest BCUT2D eigenvalue weighted by atomic mass is 19.1. The van der Waals surface area contributed by atoms with Gasteiger partial charge in [-0.3, -0.25) is 14.5 Å². The zero-order chi connectivity index (χ0) is 27.9. The molecule has 3 N–H and O–H groups in total. The van der Waals surface area contributed by atoms with Crippen LogP contribution in [-0.4, -0.2) is 90.3 Å². The van der Waals surface area contributed by atoms with Gasteiger partial charge in [-0.15, -0.1) is 0 Å². The van der Waals surface area contributed by atoms with E-state index in [4.69, 9.17) is 4.74 Å². The lowest BCUT2D eigenvalue weighted by Crippen LogP contribution is -2.64. The Bertz CT molecular complexity index is 1100. The van der Waals surface area contributed by atoms with Crippen LogP contribution >= 0.6 is 0 Å². The van der Waals surface area contributed by atoms with E-state index in [1.54, 1.807) is 4.90 Å². The van der Waals surface area contributed by atoms with Gasteiger partial charge in [0, 0.05) is 38.9 Å². The lowest BCUT2D eigenvalue weighted by atomic mass is 9.93. The largest absolute Gasteiger partial charge is 0.389 e. The first-order chi connectivity index (χ1) is 18.7. The van der Waals surface area contributed by atoms with Gasteiger partial charge in [-0.25, -0.2) is 8.78 Å². The molecule has 2 aromatic carbocycles. The van der Waals surface area contributed by atoms with Gasteiger partial charge < -0.3 is 25.4 Å². The van der Waals surface area contributed by atoms with Gasteiger partial charge >= 0.3 is 0 Å². The monoisotopic (exact) mass is 544 g/mol. The molecule has 10 heteroatoms. The van der Waals surface area contributed by atoms with Crippen LogP contribution in [-0.2, 0) is 27.3 Å². The van der Waals surface area contributed by atoms with Crippen molar-refractivity contribution in [3.8, 4) is 0 Å². The number of likely N-dealkylation sites (N-methyl/N-ethyl adjacent to an activating group) is 1. The molecule has 4 rings (SSSR count). The topological polar surface area (TPSA) is 94.1 Å². The first-order valence-electron chi connectivity index (χ1n) is 13.6. The minimum Gasteiger partial charge on any atom is -0.389 e. The molecule has 2 amide bonds. The van der Waals surface area contributed by atoms with Gasteiger partial charge in [0.25, 0.3) is 0 Å². The van der Waals surface area contributed by atoms with E-state index >= 15 is 0 Å². The molecule has 5 atom stereocenters. The number of carbonyl (C=O) groups excluding carboxylic acids is 2. The summed E-state index contributed by atoms with van der Waals surface area (Å²) in [5, 5.41) is 17.4. The summed E-state index contributed by atoms with van der Waals surface area (Å²) in [6.07, 6.45) is -0.118. The number of hydrogen-bond acceptors (Lipinski definition) is 6. The van der Waals surface area contributed by atoms with Crippen LogP contribution in [0.5, 0.6) is 0 Å². The summed E-state index contributed by atoms with van der Waals surface area (Å²) >= 11 is 0. The van der Waals surface area contributed by atoms with E-state index in [1.165, 1.54) is 12.1 Å². The van der Waals surface area contributed by atoms with Crippen molar-refractivity contribution in [3.05, 3.63) is 71.3 Å². The van der Waals surface area contributed by atoms with Crippen molar-refractivity contribution in [1.82, 2.24) is 20.4 Å². The molecular weight excluding hydrogens is 506 g/mol. The number of aliphatic hydroxyl groups excluding tert-OH is 1. The fraction of sp³-hybridized carbons (Fsp3) is 0.517. The van der Waals surface area contributed by atoms with Crippen molar-refractivity contribution in [2.75, 3.05) is 33.3 Å². The van der Waals surface area contributed by atoms with Gasteiger partial charge in [0.05, 0.1) is 24.3 Å². The molecule has 8 nitrogen and oxygen atoms in total. The third-order valence-electron chi connectivity index (χ3n) is 7.37. The Morgan fingerprint density at radius 1 is 1.18 bits per heavy atom. The van der Waals surface area contributed by atoms with Crippen molar-refractivity contribution in [2.24, 2.45) is 0 Å². The second-order valence-electron chi connectivity index (χ2n) is 10.4. The van der Waals surface area contributed by atoms with Crippen LogP contribution in [0, 0.1) is 11.6 Å². The number of likely N-dealkylation sites (tertiary alicyclic amines) is 1. The van der Waals surface area contributed by atoms with E-state index < -0.39 is 35.9 Å². The number of nitrogens with zero attached hydrogens (tertiary/aromatic N) is 2. The second kappa shape index (κ2) is 13.4. The molecule has 2 fully saturated rings. The molecule has 0 bridgehead atoms. The minimum atomic E-state index is -1.34. The molecule has 2 heterocycles. The number of nitrogens with one attached hydrogen (secondary N) is 2. The fourth-order valence-electron chi connectivity index (χ4n) is 5.39. The van der Waals surface area contributed by atoms with Crippen LogP contribution in [0.3, 0.4) is 0 Å². The van der Waals surface area contributed by atoms with Gasteiger partial charge in [-0.1, -0.05) is 37.3 Å². The number of rotatable bonds is 11. The SMILES string of the molecule is CCCO[C@H]1C[C@@H](C(=O)N[C@@H](Cc2cc(F)cc(F)c2)[C@H](O)[C@@H]2NCCN(Cc3ccccc3)C2=O)N(C)C1. The minimum absolute atomic E-state index is 0.0576. The first kappa shape index (κ1) is 29.1. The Balaban J connectivity index is 1.51. The van der Waals surface area contributed by atoms with Crippen LogP contribution < -0.4 is 10.6 Å². The number of aliphatic hydroxyl groups is 1. The van der Waals surface area contributed by atoms with Crippen molar-refractivity contribution >= 4 is 11.8 Å². The number of carbonyl (C=O) groups is 2. The molecule has 2 saturated heterocycles. The van der Waals surface area contributed by atoms with Crippen LogP contribution in [0.15, 0.2) is 48.5 Å². The molecule has 39 heavy (non-hydrogen) atoms. The van der Waals surface area contributed by atoms with Gasteiger partial charge in [-0.05, 0) is 49.6 Å². The number of benzene rings is 2. The highest BCUT2D eigenvalue weighted by Gasteiger charge is 2.41. The maximum atomic E-state index is 14.0. The lowest BCUT2D eigenvalue weighted by molar-refractivity contribution is -0.141. The van der Waals surface area contributed by atoms with E-state index in [2.05, 4.69) is 10.6 Å². The third-order valence-corrected chi connectivity index (χ3v) is 7.37. The third kappa shape index (κ3) is 7.60. The van der Waals surface area contributed by atoms with E-state index in [0.717, 1.165) is 18.1 Å². The zero-order valence-electron chi connectivity index (χ0n) is 22.5. The fourth-order valence-corrected chi connectivity index (χ4v) is 5.39. The maximum Gasteiger partial charge on any atom is 0.242 e. The van der Waals surface area contributed by atoms with Crippen LogP contribution in [0.1, 0.15) is 30.9 Å². The first-order valence-corrected chi connectivity index (χ1v) is 13.6. The normalized spacial score (nSPS) is 23.6. The van der Waals surface area contributed by atoms with Gasteiger partial charge in [0.15, 0.2) is 0 Å². The molecule has 212 valence electrons. The van der Waals surface area contributed by atoms with Crippen LogP contribution in [0.2, 0.25) is 0 Å². The molecule has 2 aromatic rings. The van der Waals surface area contributed by atoms with E-state index in [0.29, 0.717) is 39.2 Å². The molecule has 2 aliphatic heterocycles. The average Bonchev–Trinajstić information content (AvgIpc) is 3.28. The molecule has 0 saturated carbocycles. The predicted molar refractivity (Wildman–Crippen MR) is 143 cm³/mol. The summed E-state index contributed by atoms with van der Waals surface area (Å²) in [6.45, 7) is 4.53. The molecule has 0 aliphatic carbocycles. The Morgan fingerprint density at radius 3 is 2.59 bits per heavy atom. The van der Waals surface area contributed by atoms with Gasteiger partial charge in [0.2, 0.25) is 11.8 Å². The number of amides is 2. The average molecular weight is 545 g/mol. The quantitative estimate of drug-likeness (QED) is 0.400. The smallest absolute Gasteiger partial charge is 0.242 e. The molecule has 0 spiro atoms. The van der Waals surface area contributed by atoms with Gasteiger partial charge in [-0.2, -0.15) is 0 Å². The van der Waals surface area contributed by atoms with E-state index in [-0.39, 0.29) is 29.9 Å². The van der Waals surface area contributed by atoms with Crippen LogP contribution in [0.25, 0.3) is 0 Å². The summed E-state index contributed by atoms with van der Waals surface area (Å²) in [6, 6.07) is 10.2. The van der Waals surface area contributed by atoms with Crippen molar-refractivity contribution in [3.63, 3.8) is 0 Å². The summed E-state index contributed by atoms with van der Waals surface area (Å²) < 4.78 is 33.8. The van der Waals surface area contributed by atoms with Crippen molar-refractivity contribution in [1.29, 1.82) is 0 Å². The summed E-state index contributed by atoms with van der Waals surface area (Å²) in [7, 11) is 1.83. The van der Waals surface area contributed by atoms with Crippen LogP contribution in [0.4, 0.5) is 8.78 Å². The maximum absolute atomic E-state index is 14.0. The molecule has 0 radical (unpaired) electrons. The summed E-state index contributed by atoms with van der Waals surface area (Å²) in [5.74, 6) is -2.13. The highest BCUT2D eigenvalue weighted by Crippen LogP contribution is 2.21. The summed E-state index contributed by atoms with van der Waals surface area (Å²) in [5.41, 5.74) is 1.23. The molecule has 2 aliphatic rings. The van der Waals surface area contributed by atoms with Crippen molar-refractivity contribution in [2.45, 2.75) is 63.1 Å². The molecular formula is C29H38F2N4O4. The van der Waals surface area contributed by atoms with Gasteiger partial charge in [0.1, 0.15) is 17.7 Å². The number of halogens is 2. The predicted octanol–water partition coefficient (Wildman–Crippen LogP) is 1.85. The Kier molecular flexibility index (Phi) is 10.0. The second-order valence-corrected chi connectivity index (χ2v) is 10.4. The Morgan fingerprint density at radius 2 is 1.90 bits per heavy atom. The number of piperazine rings is 1. The Hall–Kier alpha value is -2.92. The van der Waals surface area contributed by atoms with Crippen molar-refractivity contribution < 1.29 is 28.2 Å². The lowest BCUT2D eigenvalue weighted by Gasteiger charge is -2.38. The molecule has 0 aromatic heterocycles. The number of ether oxygens (including phenoxy) is 1.